The summed E-state index contributed by atoms with van der Waals surface area (Å²) in [5, 5.41) is 8.81. The van der Waals surface area contributed by atoms with Crippen molar-refractivity contribution in [2.75, 3.05) is 30.6 Å². The number of anilines is 1. The van der Waals surface area contributed by atoms with Crippen LogP contribution in [-0.2, 0) is 16.0 Å². The Morgan fingerprint density at radius 2 is 2.27 bits per heavy atom. The van der Waals surface area contributed by atoms with Gasteiger partial charge in [-0.25, -0.2) is 0 Å². The number of methoxy groups -OCH3 is 1. The van der Waals surface area contributed by atoms with Gasteiger partial charge >= 0.3 is 0 Å². The Morgan fingerprint density at radius 3 is 2.91 bits per heavy atom. The van der Waals surface area contributed by atoms with Gasteiger partial charge in [0.2, 0.25) is 11.8 Å². The standard InChI is InChI=1S/C15H21N3O3S/c1-10(19)18-12-7-11(3-4-14(12)21-2)5-6-16-15(20)13-8-22-9-17-13/h3-4,7,13,17H,5-6,8-9H2,1-2H3,(H,16,20)(H,18,19). The molecular formula is C15H21N3O3S. The molecule has 120 valence electrons. The zero-order valence-electron chi connectivity index (χ0n) is 12.8. The molecule has 0 aromatic heterocycles. The summed E-state index contributed by atoms with van der Waals surface area (Å²) in [6.45, 7) is 2.02. The average molecular weight is 323 g/mol. The van der Waals surface area contributed by atoms with Crippen molar-refractivity contribution < 1.29 is 14.3 Å². The van der Waals surface area contributed by atoms with Crippen molar-refractivity contribution >= 4 is 29.3 Å². The largest absolute Gasteiger partial charge is 0.495 e. The summed E-state index contributed by atoms with van der Waals surface area (Å²) >= 11 is 1.73. The topological polar surface area (TPSA) is 79.5 Å². The Hall–Kier alpha value is -1.73. The van der Waals surface area contributed by atoms with E-state index in [4.69, 9.17) is 4.74 Å². The number of carbonyl (C=O) groups is 2. The fourth-order valence-corrected chi connectivity index (χ4v) is 3.16. The minimum Gasteiger partial charge on any atom is -0.495 e. The number of carbonyl (C=O) groups excluding carboxylic acids is 2. The molecule has 1 atom stereocenters. The van der Waals surface area contributed by atoms with Gasteiger partial charge < -0.3 is 15.4 Å². The maximum absolute atomic E-state index is 11.9. The van der Waals surface area contributed by atoms with Crippen LogP contribution in [0.4, 0.5) is 5.69 Å². The highest BCUT2D eigenvalue weighted by Gasteiger charge is 2.21. The summed E-state index contributed by atoms with van der Waals surface area (Å²) in [4.78, 5) is 23.1. The quantitative estimate of drug-likeness (QED) is 0.727. The summed E-state index contributed by atoms with van der Waals surface area (Å²) in [6, 6.07) is 5.53. The van der Waals surface area contributed by atoms with Crippen LogP contribution in [0.15, 0.2) is 18.2 Å². The lowest BCUT2D eigenvalue weighted by Gasteiger charge is -2.12. The first-order valence-corrected chi connectivity index (χ1v) is 8.29. The molecule has 1 aromatic carbocycles. The highest BCUT2D eigenvalue weighted by Crippen LogP contribution is 2.25. The smallest absolute Gasteiger partial charge is 0.238 e. The molecule has 22 heavy (non-hydrogen) atoms. The molecule has 3 N–H and O–H groups in total. The van der Waals surface area contributed by atoms with E-state index >= 15 is 0 Å². The van der Waals surface area contributed by atoms with Gasteiger partial charge in [-0.2, -0.15) is 0 Å². The monoisotopic (exact) mass is 323 g/mol. The molecule has 0 aliphatic carbocycles. The summed E-state index contributed by atoms with van der Waals surface area (Å²) in [7, 11) is 1.56. The lowest BCUT2D eigenvalue weighted by molar-refractivity contribution is -0.122. The van der Waals surface area contributed by atoms with E-state index in [0.29, 0.717) is 24.4 Å². The molecule has 1 saturated heterocycles. The lowest BCUT2D eigenvalue weighted by atomic mass is 10.1. The first kappa shape index (κ1) is 16.6. The molecule has 1 aliphatic rings. The number of nitrogens with one attached hydrogen (secondary N) is 3. The SMILES string of the molecule is COc1ccc(CCNC(=O)C2CSCN2)cc1NC(C)=O. The second-order valence-electron chi connectivity index (χ2n) is 5.03. The van der Waals surface area contributed by atoms with E-state index < -0.39 is 0 Å². The average Bonchev–Trinajstić information content (AvgIpc) is 3.01. The van der Waals surface area contributed by atoms with Gasteiger partial charge in [-0.05, 0) is 24.1 Å². The Kier molecular flexibility index (Phi) is 6.09. The van der Waals surface area contributed by atoms with Crippen molar-refractivity contribution in [3.05, 3.63) is 23.8 Å². The Morgan fingerprint density at radius 1 is 1.45 bits per heavy atom. The maximum Gasteiger partial charge on any atom is 0.238 e. The third kappa shape index (κ3) is 4.64. The minimum atomic E-state index is -0.145. The van der Waals surface area contributed by atoms with Gasteiger partial charge in [-0.15, -0.1) is 11.8 Å². The molecule has 1 aliphatic heterocycles. The molecule has 1 heterocycles. The Balaban J connectivity index is 1.89. The fourth-order valence-electron chi connectivity index (χ4n) is 2.21. The number of hydrogen-bond acceptors (Lipinski definition) is 5. The van der Waals surface area contributed by atoms with Crippen LogP contribution < -0.4 is 20.7 Å². The molecule has 1 unspecified atom stereocenters. The van der Waals surface area contributed by atoms with E-state index in [1.165, 1.54) is 6.92 Å². The zero-order valence-corrected chi connectivity index (χ0v) is 13.6. The van der Waals surface area contributed by atoms with Gasteiger partial charge in [0.05, 0.1) is 18.8 Å². The molecule has 1 fully saturated rings. The predicted molar refractivity (Wildman–Crippen MR) is 88.3 cm³/mol. The van der Waals surface area contributed by atoms with Gasteiger partial charge in [-0.1, -0.05) is 6.07 Å². The van der Waals surface area contributed by atoms with Crippen LogP contribution in [-0.4, -0.2) is 43.1 Å². The third-order valence-corrected chi connectivity index (χ3v) is 4.26. The highest BCUT2D eigenvalue weighted by molar-refractivity contribution is 7.99. The van der Waals surface area contributed by atoms with Crippen LogP contribution >= 0.6 is 11.8 Å². The fraction of sp³-hybridized carbons (Fsp3) is 0.467. The predicted octanol–water partition coefficient (Wildman–Crippen LogP) is 0.975. The minimum absolute atomic E-state index is 0.0422. The molecule has 7 heteroatoms. The second kappa shape index (κ2) is 8.05. The second-order valence-corrected chi connectivity index (χ2v) is 6.06. The molecule has 0 radical (unpaired) electrons. The summed E-state index contributed by atoms with van der Waals surface area (Å²) in [6.07, 6.45) is 0.697. The Bertz CT molecular complexity index is 545. The van der Waals surface area contributed by atoms with E-state index in [2.05, 4.69) is 16.0 Å². The first-order valence-electron chi connectivity index (χ1n) is 7.13. The first-order chi connectivity index (χ1) is 10.6. The third-order valence-electron chi connectivity index (χ3n) is 3.32. The van der Waals surface area contributed by atoms with Crippen LogP contribution in [0, 0.1) is 0 Å². The molecular weight excluding hydrogens is 302 g/mol. The zero-order chi connectivity index (χ0) is 15.9. The van der Waals surface area contributed by atoms with Crippen molar-refractivity contribution in [2.24, 2.45) is 0 Å². The van der Waals surface area contributed by atoms with Crippen LogP contribution in [0.25, 0.3) is 0 Å². The summed E-state index contributed by atoms with van der Waals surface area (Å²) < 4.78 is 5.22. The summed E-state index contributed by atoms with van der Waals surface area (Å²) in [5.74, 6) is 2.17. The number of hydrogen-bond donors (Lipinski definition) is 3. The number of ether oxygens (including phenoxy) is 1. The van der Waals surface area contributed by atoms with Crippen LogP contribution in [0.5, 0.6) is 5.75 Å². The van der Waals surface area contributed by atoms with E-state index in [0.717, 1.165) is 17.2 Å². The molecule has 1 aromatic rings. The molecule has 6 nitrogen and oxygen atoms in total. The lowest BCUT2D eigenvalue weighted by Crippen LogP contribution is -2.42. The Labute approximate surface area is 134 Å². The highest BCUT2D eigenvalue weighted by atomic mass is 32.2. The van der Waals surface area contributed by atoms with E-state index in [-0.39, 0.29) is 17.9 Å². The van der Waals surface area contributed by atoms with Crippen molar-refractivity contribution in [3.63, 3.8) is 0 Å². The van der Waals surface area contributed by atoms with Crippen LogP contribution in [0.2, 0.25) is 0 Å². The number of benzene rings is 1. The molecule has 0 saturated carbocycles. The van der Waals surface area contributed by atoms with Gasteiger partial charge in [0, 0.05) is 25.1 Å². The van der Waals surface area contributed by atoms with Gasteiger partial charge in [0.15, 0.2) is 0 Å². The number of amides is 2. The van der Waals surface area contributed by atoms with E-state index in [1.807, 2.05) is 18.2 Å². The van der Waals surface area contributed by atoms with Crippen LogP contribution in [0.1, 0.15) is 12.5 Å². The van der Waals surface area contributed by atoms with Crippen LogP contribution in [0.3, 0.4) is 0 Å². The van der Waals surface area contributed by atoms with Crippen molar-refractivity contribution in [1.82, 2.24) is 10.6 Å². The number of thioether (sulfide) groups is 1. The molecule has 2 rings (SSSR count). The molecule has 2 amide bonds. The summed E-state index contributed by atoms with van der Waals surface area (Å²) in [5.41, 5.74) is 1.67. The van der Waals surface area contributed by atoms with Crippen molar-refractivity contribution in [1.29, 1.82) is 0 Å². The normalized spacial score (nSPS) is 17.1. The van der Waals surface area contributed by atoms with Crippen molar-refractivity contribution in [2.45, 2.75) is 19.4 Å². The number of rotatable bonds is 6. The van der Waals surface area contributed by atoms with Gasteiger partial charge in [0.1, 0.15) is 5.75 Å². The molecule has 0 bridgehead atoms. The van der Waals surface area contributed by atoms with Gasteiger partial charge in [-0.3, -0.25) is 14.9 Å². The van der Waals surface area contributed by atoms with E-state index in [1.54, 1.807) is 18.9 Å². The van der Waals surface area contributed by atoms with Gasteiger partial charge in [0.25, 0.3) is 0 Å². The molecule has 0 spiro atoms. The van der Waals surface area contributed by atoms with E-state index in [9.17, 15) is 9.59 Å². The van der Waals surface area contributed by atoms with Crippen molar-refractivity contribution in [3.8, 4) is 5.75 Å². The maximum atomic E-state index is 11.9.